The van der Waals surface area contributed by atoms with Crippen molar-refractivity contribution >= 4 is 28.9 Å². The minimum absolute atomic E-state index is 0.000463. The zero-order valence-electron chi connectivity index (χ0n) is 10.1. The van der Waals surface area contributed by atoms with Gasteiger partial charge in [-0.2, -0.15) is 13.2 Å². The van der Waals surface area contributed by atoms with Crippen molar-refractivity contribution in [3.63, 3.8) is 0 Å². The summed E-state index contributed by atoms with van der Waals surface area (Å²) in [5, 5.41) is 2.43. The third kappa shape index (κ3) is 3.96. The van der Waals surface area contributed by atoms with Gasteiger partial charge in [0, 0.05) is 0 Å². The first-order valence-corrected chi connectivity index (χ1v) is 5.65. The molecule has 0 aliphatic carbocycles. The van der Waals surface area contributed by atoms with Gasteiger partial charge in [-0.15, -0.1) is 0 Å². The van der Waals surface area contributed by atoms with E-state index in [9.17, 15) is 22.8 Å². The molecule has 0 aliphatic rings. The molecule has 0 fully saturated rings. The molecule has 0 saturated heterocycles. The summed E-state index contributed by atoms with van der Waals surface area (Å²) in [6.07, 6.45) is -4.52. The fourth-order valence-corrected chi connectivity index (χ4v) is 1.63. The largest absolute Gasteiger partial charge is 0.416 e. The first-order chi connectivity index (χ1) is 8.62. The third-order valence-electron chi connectivity index (χ3n) is 2.41. The van der Waals surface area contributed by atoms with Gasteiger partial charge in [-0.05, 0) is 32.0 Å². The number of nitrogens with one attached hydrogen (secondary N) is 1. The van der Waals surface area contributed by atoms with Crippen molar-refractivity contribution < 1.29 is 22.8 Å². The molecule has 0 saturated carbocycles. The predicted molar refractivity (Wildman–Crippen MR) is 65.2 cm³/mol. The lowest BCUT2D eigenvalue weighted by Gasteiger charge is -2.17. The first kappa shape index (κ1) is 15.5. The number of ketones is 2. The van der Waals surface area contributed by atoms with Crippen molar-refractivity contribution in [1.29, 1.82) is 0 Å². The molecule has 7 heteroatoms. The Morgan fingerprint density at radius 3 is 2.16 bits per heavy atom. The monoisotopic (exact) mass is 293 g/mol. The Hall–Kier alpha value is -1.56. The Morgan fingerprint density at radius 2 is 1.74 bits per heavy atom. The molecule has 0 unspecified atom stereocenters. The second-order valence-electron chi connectivity index (χ2n) is 3.99. The molecular formula is C12H11ClF3NO2. The minimum atomic E-state index is -4.52. The number of rotatable bonds is 4. The van der Waals surface area contributed by atoms with E-state index in [4.69, 9.17) is 11.6 Å². The standard InChI is InChI=1S/C12H11ClF3NO2/c1-6(18)11(7(2)19)17-10-5-8(12(14,15)16)3-4-9(10)13/h3-5,11,17H,1-2H3. The van der Waals surface area contributed by atoms with Crippen molar-refractivity contribution in [1.82, 2.24) is 0 Å². The molecule has 0 radical (unpaired) electrons. The Morgan fingerprint density at radius 1 is 1.21 bits per heavy atom. The van der Waals surface area contributed by atoms with E-state index in [1.165, 1.54) is 13.8 Å². The van der Waals surface area contributed by atoms with Crippen LogP contribution >= 0.6 is 11.6 Å². The quantitative estimate of drug-likeness (QED) is 0.866. The summed E-state index contributed by atoms with van der Waals surface area (Å²) in [6, 6.07) is 1.44. The summed E-state index contributed by atoms with van der Waals surface area (Å²) >= 11 is 5.75. The highest BCUT2D eigenvalue weighted by Gasteiger charge is 2.31. The number of alkyl halides is 3. The van der Waals surface area contributed by atoms with Crippen LogP contribution in [0.25, 0.3) is 0 Å². The van der Waals surface area contributed by atoms with Crippen LogP contribution in [0, 0.1) is 0 Å². The normalized spacial score (nSPS) is 11.5. The minimum Gasteiger partial charge on any atom is -0.368 e. The van der Waals surface area contributed by atoms with Gasteiger partial charge in [0.1, 0.15) is 6.04 Å². The van der Waals surface area contributed by atoms with Gasteiger partial charge in [-0.3, -0.25) is 9.59 Å². The number of anilines is 1. The van der Waals surface area contributed by atoms with Crippen LogP contribution in [0.5, 0.6) is 0 Å². The van der Waals surface area contributed by atoms with Crippen LogP contribution in [0.4, 0.5) is 18.9 Å². The number of hydrogen-bond acceptors (Lipinski definition) is 3. The van der Waals surface area contributed by atoms with E-state index < -0.39 is 29.3 Å². The Labute approximate surface area is 112 Å². The van der Waals surface area contributed by atoms with Crippen molar-refractivity contribution in [2.45, 2.75) is 26.1 Å². The molecule has 0 aliphatic heterocycles. The van der Waals surface area contributed by atoms with E-state index in [0.29, 0.717) is 0 Å². The zero-order chi connectivity index (χ0) is 14.8. The predicted octanol–water partition coefficient (Wildman–Crippen LogP) is 3.32. The average Bonchev–Trinajstić information content (AvgIpc) is 2.25. The fourth-order valence-electron chi connectivity index (χ4n) is 1.46. The van der Waals surface area contributed by atoms with E-state index >= 15 is 0 Å². The van der Waals surface area contributed by atoms with Gasteiger partial charge in [0.25, 0.3) is 0 Å². The maximum Gasteiger partial charge on any atom is 0.416 e. The maximum atomic E-state index is 12.5. The highest BCUT2D eigenvalue weighted by Crippen LogP contribution is 2.34. The fraction of sp³-hybridized carbons (Fsp3) is 0.333. The molecule has 0 amide bonds. The summed E-state index contributed by atoms with van der Waals surface area (Å²) in [4.78, 5) is 22.5. The van der Waals surface area contributed by atoms with Crippen LogP contribution in [0.2, 0.25) is 5.02 Å². The lowest BCUT2D eigenvalue weighted by atomic mass is 10.1. The van der Waals surface area contributed by atoms with Gasteiger partial charge in [0.2, 0.25) is 0 Å². The highest BCUT2D eigenvalue weighted by molar-refractivity contribution is 6.33. The second-order valence-corrected chi connectivity index (χ2v) is 4.40. The van der Waals surface area contributed by atoms with Gasteiger partial charge in [-0.25, -0.2) is 0 Å². The molecule has 1 aromatic carbocycles. The lowest BCUT2D eigenvalue weighted by molar-refractivity contribution is -0.137. The van der Waals surface area contributed by atoms with Gasteiger partial charge in [-0.1, -0.05) is 11.6 Å². The Bertz CT molecular complexity index is 500. The van der Waals surface area contributed by atoms with Crippen LogP contribution in [0.1, 0.15) is 19.4 Å². The van der Waals surface area contributed by atoms with Gasteiger partial charge in [0.15, 0.2) is 11.6 Å². The van der Waals surface area contributed by atoms with E-state index in [1.807, 2.05) is 0 Å². The molecule has 0 heterocycles. The zero-order valence-corrected chi connectivity index (χ0v) is 10.9. The lowest BCUT2D eigenvalue weighted by Crippen LogP contribution is -2.34. The van der Waals surface area contributed by atoms with E-state index in [2.05, 4.69) is 5.32 Å². The van der Waals surface area contributed by atoms with Crippen molar-refractivity contribution in [3.05, 3.63) is 28.8 Å². The van der Waals surface area contributed by atoms with E-state index in [1.54, 1.807) is 0 Å². The van der Waals surface area contributed by atoms with E-state index in [-0.39, 0.29) is 10.7 Å². The number of carbonyl (C=O) groups is 2. The molecule has 0 aromatic heterocycles. The summed E-state index contributed by atoms with van der Waals surface area (Å²) < 4.78 is 37.6. The summed E-state index contributed by atoms with van der Waals surface area (Å²) in [6.45, 7) is 2.33. The van der Waals surface area contributed by atoms with Crippen LogP contribution in [0.15, 0.2) is 18.2 Å². The molecule has 3 nitrogen and oxygen atoms in total. The van der Waals surface area contributed by atoms with Crippen LogP contribution < -0.4 is 5.32 Å². The molecule has 19 heavy (non-hydrogen) atoms. The third-order valence-corrected chi connectivity index (χ3v) is 2.74. The number of halogens is 4. The molecular weight excluding hydrogens is 283 g/mol. The molecule has 0 spiro atoms. The highest BCUT2D eigenvalue weighted by atomic mass is 35.5. The smallest absolute Gasteiger partial charge is 0.368 e. The second kappa shape index (κ2) is 5.61. The van der Waals surface area contributed by atoms with Crippen LogP contribution in [-0.4, -0.2) is 17.6 Å². The molecule has 1 aromatic rings. The SMILES string of the molecule is CC(=O)C(Nc1cc(C(F)(F)F)ccc1Cl)C(C)=O. The Kier molecular flexibility index (Phi) is 4.57. The molecule has 1 N–H and O–H groups in total. The molecule has 0 atom stereocenters. The summed E-state index contributed by atoms with van der Waals surface area (Å²) in [5.74, 6) is -0.998. The molecule has 1 rings (SSSR count). The first-order valence-electron chi connectivity index (χ1n) is 5.27. The summed E-state index contributed by atoms with van der Waals surface area (Å²) in [7, 11) is 0. The number of carbonyl (C=O) groups excluding carboxylic acids is 2. The van der Waals surface area contributed by atoms with Crippen LogP contribution in [-0.2, 0) is 15.8 Å². The number of Topliss-reactive ketones (excluding diaryl/α,β-unsaturated/α-hetero) is 2. The van der Waals surface area contributed by atoms with Crippen molar-refractivity contribution in [2.75, 3.05) is 5.32 Å². The number of benzene rings is 1. The van der Waals surface area contributed by atoms with Gasteiger partial charge in [0.05, 0.1) is 16.3 Å². The molecule has 104 valence electrons. The molecule has 0 bridgehead atoms. The van der Waals surface area contributed by atoms with Crippen LogP contribution in [0.3, 0.4) is 0 Å². The van der Waals surface area contributed by atoms with Gasteiger partial charge < -0.3 is 5.32 Å². The maximum absolute atomic E-state index is 12.5. The average molecular weight is 294 g/mol. The summed E-state index contributed by atoms with van der Waals surface area (Å²) in [5.41, 5.74) is -1.02. The van der Waals surface area contributed by atoms with Gasteiger partial charge >= 0.3 is 6.18 Å². The van der Waals surface area contributed by atoms with E-state index in [0.717, 1.165) is 18.2 Å². The topological polar surface area (TPSA) is 46.2 Å². The van der Waals surface area contributed by atoms with Crippen molar-refractivity contribution in [3.8, 4) is 0 Å². The Balaban J connectivity index is 3.13. The number of hydrogen-bond donors (Lipinski definition) is 1. The van der Waals surface area contributed by atoms with Crippen molar-refractivity contribution in [2.24, 2.45) is 0 Å².